The maximum atomic E-state index is 11.7. The third-order valence-corrected chi connectivity index (χ3v) is 2.94. The molecule has 0 aliphatic rings. The van der Waals surface area contributed by atoms with Crippen LogP contribution in [0.2, 0.25) is 0 Å². The van der Waals surface area contributed by atoms with Crippen molar-refractivity contribution in [2.24, 2.45) is 0 Å². The van der Waals surface area contributed by atoms with Crippen LogP contribution >= 0.6 is 12.2 Å². The number of hydrogen-bond donors (Lipinski definition) is 2. The summed E-state index contributed by atoms with van der Waals surface area (Å²) in [6.07, 6.45) is 3.13. The van der Waals surface area contributed by atoms with E-state index in [-0.39, 0.29) is 11.0 Å². The van der Waals surface area contributed by atoms with Crippen LogP contribution in [0.1, 0.15) is 11.1 Å². The minimum atomic E-state index is -0.310. The Morgan fingerprint density at radius 3 is 2.41 bits per heavy atom. The molecule has 0 radical (unpaired) electrons. The highest BCUT2D eigenvalue weighted by molar-refractivity contribution is 7.80. The Labute approximate surface area is 134 Å². The van der Waals surface area contributed by atoms with Gasteiger partial charge in [-0.25, -0.2) is 0 Å². The predicted molar refractivity (Wildman–Crippen MR) is 91.0 cm³/mol. The lowest BCUT2D eigenvalue weighted by Crippen LogP contribution is -2.32. The van der Waals surface area contributed by atoms with Crippen molar-refractivity contribution in [1.82, 2.24) is 5.32 Å². The van der Waals surface area contributed by atoms with Crippen LogP contribution in [-0.2, 0) is 4.79 Å². The van der Waals surface area contributed by atoms with Crippen molar-refractivity contribution in [3.63, 3.8) is 0 Å². The summed E-state index contributed by atoms with van der Waals surface area (Å²) in [6.45, 7) is 0. The third-order valence-electron chi connectivity index (χ3n) is 2.74. The van der Waals surface area contributed by atoms with Gasteiger partial charge in [0.2, 0.25) is 5.91 Å². The van der Waals surface area contributed by atoms with E-state index in [0.717, 1.165) is 5.56 Å². The van der Waals surface area contributed by atoms with Gasteiger partial charge in [0.25, 0.3) is 0 Å². The fraction of sp³-hybridized carbons (Fsp3) is 0. The molecule has 2 N–H and O–H groups in total. The summed E-state index contributed by atoms with van der Waals surface area (Å²) >= 11 is 5.06. The largest absolute Gasteiger partial charge is 0.332 e. The van der Waals surface area contributed by atoms with E-state index in [4.69, 9.17) is 17.5 Å². The lowest BCUT2D eigenvalue weighted by Gasteiger charge is -2.07. The fourth-order valence-electron chi connectivity index (χ4n) is 1.68. The van der Waals surface area contributed by atoms with Crippen molar-refractivity contribution in [2.75, 3.05) is 5.32 Å². The molecule has 2 aromatic carbocycles. The van der Waals surface area contributed by atoms with E-state index in [0.29, 0.717) is 11.3 Å². The van der Waals surface area contributed by atoms with E-state index < -0.39 is 0 Å². The van der Waals surface area contributed by atoms with E-state index in [9.17, 15) is 4.79 Å². The maximum Gasteiger partial charge on any atom is 0.250 e. The summed E-state index contributed by atoms with van der Waals surface area (Å²) in [4.78, 5) is 11.7. The van der Waals surface area contributed by atoms with Gasteiger partial charge in [-0.05, 0) is 48.1 Å². The molecule has 0 aromatic heterocycles. The standard InChI is InChI=1S/C17H13N3OS/c18-12-14-6-9-15(10-7-14)19-17(22)20-16(21)11-8-13-4-2-1-3-5-13/h1-11H,(H2,19,20,21,22). The number of amides is 1. The smallest absolute Gasteiger partial charge is 0.250 e. The SMILES string of the molecule is N#Cc1ccc(NC(=S)NC(=O)C=Cc2ccccc2)cc1. The van der Waals surface area contributed by atoms with Gasteiger partial charge in [-0.15, -0.1) is 0 Å². The first-order chi connectivity index (χ1) is 10.7. The van der Waals surface area contributed by atoms with Crippen molar-refractivity contribution >= 4 is 35.0 Å². The summed E-state index contributed by atoms with van der Waals surface area (Å²) in [7, 11) is 0. The molecule has 0 spiro atoms. The van der Waals surface area contributed by atoms with Gasteiger partial charge in [-0.2, -0.15) is 5.26 Å². The topological polar surface area (TPSA) is 64.9 Å². The molecule has 0 fully saturated rings. The van der Waals surface area contributed by atoms with E-state index in [1.54, 1.807) is 30.3 Å². The third kappa shape index (κ3) is 4.85. The number of carbonyl (C=O) groups excluding carboxylic acids is 1. The van der Waals surface area contributed by atoms with Crippen LogP contribution in [0.4, 0.5) is 5.69 Å². The molecular weight excluding hydrogens is 294 g/mol. The van der Waals surface area contributed by atoms with Crippen molar-refractivity contribution in [1.29, 1.82) is 5.26 Å². The van der Waals surface area contributed by atoms with Gasteiger partial charge in [0, 0.05) is 11.8 Å². The van der Waals surface area contributed by atoms with Gasteiger partial charge >= 0.3 is 0 Å². The van der Waals surface area contributed by atoms with E-state index in [2.05, 4.69) is 10.6 Å². The van der Waals surface area contributed by atoms with Crippen LogP contribution in [0.25, 0.3) is 6.08 Å². The van der Waals surface area contributed by atoms with Crippen LogP contribution in [0.5, 0.6) is 0 Å². The Morgan fingerprint density at radius 2 is 1.77 bits per heavy atom. The molecule has 4 nitrogen and oxygen atoms in total. The van der Waals surface area contributed by atoms with Gasteiger partial charge in [-0.3, -0.25) is 10.1 Å². The van der Waals surface area contributed by atoms with Crippen molar-refractivity contribution in [3.8, 4) is 6.07 Å². The highest BCUT2D eigenvalue weighted by Gasteiger charge is 2.01. The number of rotatable bonds is 3. The van der Waals surface area contributed by atoms with Crippen LogP contribution in [0.3, 0.4) is 0 Å². The second-order valence-corrected chi connectivity index (χ2v) is 4.78. The van der Waals surface area contributed by atoms with Gasteiger partial charge < -0.3 is 5.32 Å². The fourth-order valence-corrected chi connectivity index (χ4v) is 1.90. The van der Waals surface area contributed by atoms with Crippen LogP contribution in [0, 0.1) is 11.3 Å². The lowest BCUT2D eigenvalue weighted by molar-refractivity contribution is -0.115. The molecule has 0 aliphatic carbocycles. The zero-order valence-electron chi connectivity index (χ0n) is 11.6. The minimum Gasteiger partial charge on any atom is -0.332 e. The first kappa shape index (κ1) is 15.4. The first-order valence-corrected chi connectivity index (χ1v) is 6.93. The van der Waals surface area contributed by atoms with Crippen molar-refractivity contribution < 1.29 is 4.79 Å². The molecule has 0 heterocycles. The Balaban J connectivity index is 1.87. The Hall–Kier alpha value is -2.97. The Kier molecular flexibility index (Phi) is 5.41. The number of nitrogens with zero attached hydrogens (tertiary/aromatic N) is 1. The summed E-state index contributed by atoms with van der Waals surface area (Å²) in [5.41, 5.74) is 2.20. The van der Waals surface area contributed by atoms with Crippen molar-refractivity contribution in [2.45, 2.75) is 0 Å². The van der Waals surface area contributed by atoms with Crippen molar-refractivity contribution in [3.05, 3.63) is 71.8 Å². The summed E-state index contributed by atoms with van der Waals surface area (Å²) in [5.74, 6) is -0.310. The molecule has 0 bridgehead atoms. The average molecular weight is 307 g/mol. The van der Waals surface area contributed by atoms with Gasteiger partial charge in [-0.1, -0.05) is 30.3 Å². The summed E-state index contributed by atoms with van der Waals surface area (Å²) < 4.78 is 0. The summed E-state index contributed by atoms with van der Waals surface area (Å²) in [6, 6.07) is 18.3. The molecule has 0 atom stereocenters. The minimum absolute atomic E-state index is 0.201. The van der Waals surface area contributed by atoms with Gasteiger partial charge in [0.15, 0.2) is 5.11 Å². The maximum absolute atomic E-state index is 11.7. The van der Waals surface area contributed by atoms with E-state index in [1.165, 1.54) is 6.08 Å². The molecule has 0 saturated carbocycles. The number of anilines is 1. The van der Waals surface area contributed by atoms with Gasteiger partial charge in [0.05, 0.1) is 11.6 Å². The lowest BCUT2D eigenvalue weighted by atomic mass is 10.2. The number of thiocarbonyl (C=S) groups is 1. The molecule has 108 valence electrons. The first-order valence-electron chi connectivity index (χ1n) is 6.52. The predicted octanol–water partition coefficient (Wildman–Crippen LogP) is 3.08. The highest BCUT2D eigenvalue weighted by atomic mass is 32.1. The number of carbonyl (C=O) groups is 1. The second-order valence-electron chi connectivity index (χ2n) is 4.38. The number of benzene rings is 2. The zero-order chi connectivity index (χ0) is 15.8. The Bertz CT molecular complexity index is 731. The molecule has 0 saturated heterocycles. The summed E-state index contributed by atoms with van der Waals surface area (Å²) in [5, 5.41) is 14.4. The Morgan fingerprint density at radius 1 is 1.09 bits per heavy atom. The van der Waals surface area contributed by atoms with Crippen LogP contribution < -0.4 is 10.6 Å². The quantitative estimate of drug-likeness (QED) is 0.675. The average Bonchev–Trinajstić information content (AvgIpc) is 2.54. The molecular formula is C17H13N3OS. The molecule has 0 aliphatic heterocycles. The second kappa shape index (κ2) is 7.72. The number of hydrogen-bond acceptors (Lipinski definition) is 3. The molecule has 22 heavy (non-hydrogen) atoms. The number of nitrogens with one attached hydrogen (secondary N) is 2. The van der Waals surface area contributed by atoms with Crippen LogP contribution in [-0.4, -0.2) is 11.0 Å². The monoisotopic (exact) mass is 307 g/mol. The highest BCUT2D eigenvalue weighted by Crippen LogP contribution is 2.08. The molecule has 2 rings (SSSR count). The molecule has 2 aromatic rings. The van der Waals surface area contributed by atoms with Gasteiger partial charge in [0.1, 0.15) is 0 Å². The normalized spacial score (nSPS) is 9.95. The van der Waals surface area contributed by atoms with E-state index in [1.807, 2.05) is 36.4 Å². The molecule has 0 unspecified atom stereocenters. The molecule has 5 heteroatoms. The van der Waals surface area contributed by atoms with E-state index >= 15 is 0 Å². The van der Waals surface area contributed by atoms with Crippen LogP contribution in [0.15, 0.2) is 60.7 Å². The molecule has 1 amide bonds. The number of nitriles is 1. The zero-order valence-corrected chi connectivity index (χ0v) is 12.4.